The summed E-state index contributed by atoms with van der Waals surface area (Å²) in [6.45, 7) is -0.368. The average molecular weight is 278 g/mol. The van der Waals surface area contributed by atoms with Gasteiger partial charge in [0.15, 0.2) is 0 Å². The van der Waals surface area contributed by atoms with Crippen LogP contribution in [-0.2, 0) is 9.63 Å². The second-order valence-electron chi connectivity index (χ2n) is 3.60. The molecule has 1 N–H and O–H groups in total. The number of amidine groups is 1. The molecule has 0 spiro atoms. The van der Waals surface area contributed by atoms with Gasteiger partial charge < -0.3 is 4.84 Å². The van der Waals surface area contributed by atoms with Crippen LogP contribution in [0.2, 0.25) is 0 Å². The maximum Gasteiger partial charge on any atom is 0.493 e. The van der Waals surface area contributed by atoms with E-state index in [4.69, 9.17) is 5.41 Å². The van der Waals surface area contributed by atoms with E-state index in [0.29, 0.717) is 0 Å². The van der Waals surface area contributed by atoms with Crippen molar-refractivity contribution in [3.63, 3.8) is 0 Å². The van der Waals surface area contributed by atoms with Gasteiger partial charge in [-0.25, -0.2) is 4.79 Å². The van der Waals surface area contributed by atoms with Gasteiger partial charge in [-0.15, -0.1) is 0 Å². The van der Waals surface area contributed by atoms with Crippen LogP contribution >= 0.6 is 0 Å². The van der Waals surface area contributed by atoms with Crippen LogP contribution < -0.4 is 0 Å². The smallest absolute Gasteiger partial charge is 0.331 e. The summed E-state index contributed by atoms with van der Waals surface area (Å²) in [5.41, 5.74) is 0. The van der Waals surface area contributed by atoms with Gasteiger partial charge in [-0.05, 0) is 12.8 Å². The van der Waals surface area contributed by atoms with Crippen molar-refractivity contribution in [3.05, 3.63) is 0 Å². The first-order chi connectivity index (χ1) is 8.03. The van der Waals surface area contributed by atoms with E-state index in [1.807, 2.05) is 0 Å². The molecule has 0 aliphatic carbocycles. The highest BCUT2D eigenvalue weighted by molar-refractivity contribution is 5.84. The summed E-state index contributed by atoms with van der Waals surface area (Å²) >= 11 is 0. The molecule has 104 valence electrons. The van der Waals surface area contributed by atoms with Crippen molar-refractivity contribution < 1.29 is 36.0 Å². The number of nitrogens with one attached hydrogen (secondary N) is 1. The second-order valence-corrected chi connectivity index (χ2v) is 3.60. The molecule has 0 aromatic heterocycles. The molecule has 1 heterocycles. The Morgan fingerprint density at radius 3 is 2.28 bits per heavy atom. The first-order valence-corrected chi connectivity index (χ1v) is 4.75. The molecule has 1 aliphatic heterocycles. The third-order valence-electron chi connectivity index (χ3n) is 2.27. The summed E-state index contributed by atoms with van der Waals surface area (Å²) in [5.74, 6) is -6.05. The lowest BCUT2D eigenvalue weighted by molar-refractivity contribution is -0.231. The van der Waals surface area contributed by atoms with Crippen molar-refractivity contribution in [1.29, 1.82) is 5.41 Å². The van der Waals surface area contributed by atoms with Gasteiger partial charge in [0.2, 0.25) is 0 Å². The molecule has 0 aromatic rings. The van der Waals surface area contributed by atoms with Crippen molar-refractivity contribution in [2.45, 2.75) is 25.2 Å². The highest BCUT2D eigenvalue weighted by Gasteiger charge is 2.49. The molecular formula is C8H8F6N2O2. The normalized spacial score (nSPS) is 22.0. The minimum atomic E-state index is -5.31. The lowest BCUT2D eigenvalue weighted by atomic mass is 9.97. The topological polar surface area (TPSA) is 53.4 Å². The number of nitrogens with zero attached hydrogens (tertiary/aromatic N) is 1. The Morgan fingerprint density at radius 1 is 1.28 bits per heavy atom. The standard InChI is InChI=1S/C8H8F6N2O2/c9-7(10,11)4-2-1-3-16(5(4)15)18-6(17)8(12,13)14/h4,15H,1-3H2. The molecule has 1 rings (SSSR count). The number of carbonyl (C=O) groups is 1. The van der Waals surface area contributed by atoms with E-state index in [2.05, 4.69) is 4.84 Å². The van der Waals surface area contributed by atoms with Crippen LogP contribution in [0.5, 0.6) is 0 Å². The Bertz CT molecular complexity index is 350. The number of hydroxylamine groups is 2. The molecule has 0 bridgehead atoms. The Hall–Kier alpha value is -1.48. The van der Waals surface area contributed by atoms with Crippen molar-refractivity contribution in [2.24, 2.45) is 5.92 Å². The first-order valence-electron chi connectivity index (χ1n) is 4.75. The number of halogens is 6. The third-order valence-corrected chi connectivity index (χ3v) is 2.27. The van der Waals surface area contributed by atoms with Crippen LogP contribution in [0.3, 0.4) is 0 Å². The quantitative estimate of drug-likeness (QED) is 0.748. The molecule has 10 heteroatoms. The van der Waals surface area contributed by atoms with Gasteiger partial charge in [0.05, 0.1) is 6.54 Å². The van der Waals surface area contributed by atoms with E-state index < -0.39 is 36.5 Å². The van der Waals surface area contributed by atoms with Gasteiger partial charge in [0.1, 0.15) is 11.8 Å². The fourth-order valence-electron chi connectivity index (χ4n) is 1.44. The van der Waals surface area contributed by atoms with Gasteiger partial charge >= 0.3 is 18.3 Å². The summed E-state index contributed by atoms with van der Waals surface area (Å²) in [6, 6.07) is 0. The number of rotatable bonds is 1. The first kappa shape index (κ1) is 14.6. The molecule has 0 aromatic carbocycles. The van der Waals surface area contributed by atoms with E-state index in [0.717, 1.165) is 0 Å². The largest absolute Gasteiger partial charge is 0.493 e. The van der Waals surface area contributed by atoms with Crippen molar-refractivity contribution >= 4 is 11.8 Å². The fraction of sp³-hybridized carbons (Fsp3) is 0.750. The molecule has 4 nitrogen and oxygen atoms in total. The van der Waals surface area contributed by atoms with E-state index in [1.165, 1.54) is 0 Å². The lowest BCUT2D eigenvalue weighted by Crippen LogP contribution is -2.48. The summed E-state index contributed by atoms with van der Waals surface area (Å²) in [7, 11) is 0. The zero-order valence-electron chi connectivity index (χ0n) is 8.73. The number of hydrogen-bond acceptors (Lipinski definition) is 3. The number of hydrogen-bond donors (Lipinski definition) is 1. The van der Waals surface area contributed by atoms with Crippen molar-refractivity contribution in [2.75, 3.05) is 6.54 Å². The van der Waals surface area contributed by atoms with Gasteiger partial charge in [-0.3, -0.25) is 5.41 Å². The van der Waals surface area contributed by atoms with Gasteiger partial charge in [0, 0.05) is 0 Å². The summed E-state index contributed by atoms with van der Waals surface area (Å²) in [6.07, 6.45) is -10.6. The molecule has 1 fully saturated rings. The highest BCUT2D eigenvalue weighted by Crippen LogP contribution is 2.34. The molecule has 1 atom stereocenters. The molecule has 1 saturated heterocycles. The van der Waals surface area contributed by atoms with Crippen LogP contribution in [0, 0.1) is 11.3 Å². The van der Waals surface area contributed by atoms with Crippen LogP contribution in [0.25, 0.3) is 0 Å². The second kappa shape index (κ2) is 4.65. The zero-order chi connectivity index (χ0) is 14.1. The van der Waals surface area contributed by atoms with Crippen LogP contribution in [0.4, 0.5) is 26.3 Å². The molecule has 0 amide bonds. The third kappa shape index (κ3) is 3.26. The minimum Gasteiger partial charge on any atom is -0.331 e. The Labute approximate surface area is 97.0 Å². The minimum absolute atomic E-state index is 0.0392. The van der Waals surface area contributed by atoms with E-state index in [1.54, 1.807) is 0 Å². The Morgan fingerprint density at radius 2 is 1.83 bits per heavy atom. The summed E-state index contributed by atoms with van der Waals surface area (Å²) in [5, 5.41) is 7.16. The average Bonchev–Trinajstić information content (AvgIpc) is 2.17. The highest BCUT2D eigenvalue weighted by atomic mass is 19.4. The Kier molecular flexibility index (Phi) is 3.77. The van der Waals surface area contributed by atoms with Gasteiger partial charge in [-0.1, -0.05) is 0 Å². The predicted octanol–water partition coefficient (Wildman–Crippen LogP) is 2.26. The number of alkyl halides is 6. The van der Waals surface area contributed by atoms with Crippen molar-refractivity contribution in [1.82, 2.24) is 5.06 Å². The molecule has 18 heavy (non-hydrogen) atoms. The monoisotopic (exact) mass is 278 g/mol. The lowest BCUT2D eigenvalue weighted by Gasteiger charge is -2.33. The van der Waals surface area contributed by atoms with E-state index >= 15 is 0 Å². The SMILES string of the molecule is N=C1C(C(F)(F)F)CCCN1OC(=O)C(F)(F)F. The van der Waals surface area contributed by atoms with Gasteiger partial charge in [0.25, 0.3) is 0 Å². The van der Waals surface area contributed by atoms with Crippen LogP contribution in [0.15, 0.2) is 0 Å². The maximum atomic E-state index is 12.4. The zero-order valence-corrected chi connectivity index (χ0v) is 8.73. The molecule has 0 radical (unpaired) electrons. The molecule has 0 saturated carbocycles. The van der Waals surface area contributed by atoms with Crippen LogP contribution in [-0.4, -0.2) is 35.8 Å². The van der Waals surface area contributed by atoms with Crippen LogP contribution in [0.1, 0.15) is 12.8 Å². The molecule has 1 aliphatic rings. The fourth-order valence-corrected chi connectivity index (χ4v) is 1.44. The Balaban J connectivity index is 2.74. The maximum absolute atomic E-state index is 12.4. The van der Waals surface area contributed by atoms with E-state index in [-0.39, 0.29) is 18.0 Å². The summed E-state index contributed by atoms with van der Waals surface area (Å²) in [4.78, 5) is 14.2. The molecule has 1 unspecified atom stereocenters. The summed E-state index contributed by atoms with van der Waals surface area (Å²) < 4.78 is 72.8. The number of carbonyl (C=O) groups excluding carboxylic acids is 1. The number of piperidine rings is 1. The molecular weight excluding hydrogens is 270 g/mol. The van der Waals surface area contributed by atoms with Crippen molar-refractivity contribution in [3.8, 4) is 0 Å². The van der Waals surface area contributed by atoms with E-state index in [9.17, 15) is 31.1 Å². The predicted molar refractivity (Wildman–Crippen MR) is 45.4 cm³/mol. The van der Waals surface area contributed by atoms with Gasteiger partial charge in [-0.2, -0.15) is 31.4 Å².